The van der Waals surface area contributed by atoms with E-state index in [4.69, 9.17) is 0 Å². The van der Waals surface area contributed by atoms with Gasteiger partial charge >= 0.3 is 0 Å². The van der Waals surface area contributed by atoms with Crippen LogP contribution in [-0.4, -0.2) is 96.2 Å². The number of amides is 6. The van der Waals surface area contributed by atoms with Gasteiger partial charge in [-0.05, 0) is 94.0 Å². The SMILES string of the molecule is C=CC(=O)N[C@H]1CCC[C@H]1NC(=O)c1ccc2sc3c(c2c1)NC[C@@H](CN(C(=O)C=C)[C@H]1CCC[C@@H]1NC(=O)c1ccc2sc4c(c2c1)NC[C@@H](C)NC4=O)NC3=O. The highest BCUT2D eigenvalue weighted by Crippen LogP contribution is 2.39. The summed E-state index contributed by atoms with van der Waals surface area (Å²) in [5.41, 5.74) is 2.26. The summed E-state index contributed by atoms with van der Waals surface area (Å²) in [4.78, 5) is 82.0. The van der Waals surface area contributed by atoms with Crippen LogP contribution in [0.3, 0.4) is 0 Å². The molecule has 0 radical (unpaired) electrons. The molecule has 0 saturated heterocycles. The van der Waals surface area contributed by atoms with Gasteiger partial charge < -0.3 is 42.1 Å². The number of hydrogen-bond donors (Lipinski definition) is 7. The van der Waals surface area contributed by atoms with Crippen molar-refractivity contribution in [3.8, 4) is 0 Å². The van der Waals surface area contributed by atoms with Gasteiger partial charge in [0.05, 0.1) is 23.5 Å². The number of carbonyl (C=O) groups excluding carboxylic acids is 6. The maximum Gasteiger partial charge on any atom is 0.263 e. The Bertz CT molecular complexity index is 2370. The summed E-state index contributed by atoms with van der Waals surface area (Å²) in [5, 5.41) is 23.6. The molecule has 4 aliphatic rings. The highest BCUT2D eigenvalue weighted by Gasteiger charge is 2.38. The topological polar surface area (TPSA) is 190 Å². The molecular formula is C42H46N8O6S2. The Labute approximate surface area is 343 Å². The van der Waals surface area contributed by atoms with Crippen LogP contribution in [0.2, 0.25) is 0 Å². The minimum atomic E-state index is -0.469. The fraction of sp³-hybridized carbons (Fsp3) is 0.381. The molecule has 0 unspecified atom stereocenters. The van der Waals surface area contributed by atoms with Gasteiger partial charge in [-0.15, -0.1) is 22.7 Å². The van der Waals surface area contributed by atoms with Gasteiger partial charge in [-0.25, -0.2) is 0 Å². The first-order valence-corrected chi connectivity index (χ1v) is 21.3. The average Bonchev–Trinajstić information content (AvgIpc) is 3.99. The Balaban J connectivity index is 0.955. The highest BCUT2D eigenvalue weighted by molar-refractivity contribution is 7.22. The second kappa shape index (κ2) is 16.3. The van der Waals surface area contributed by atoms with Gasteiger partial charge in [0.1, 0.15) is 9.75 Å². The predicted octanol–water partition coefficient (Wildman–Crippen LogP) is 4.50. The molecule has 6 amide bonds. The third kappa shape index (κ3) is 7.65. The van der Waals surface area contributed by atoms with Crippen molar-refractivity contribution < 1.29 is 28.8 Å². The lowest BCUT2D eigenvalue weighted by atomic mass is 10.1. The van der Waals surface area contributed by atoms with E-state index in [1.165, 1.54) is 34.8 Å². The molecule has 2 aromatic heterocycles. The van der Waals surface area contributed by atoms with E-state index >= 15 is 0 Å². The molecular weight excluding hydrogens is 777 g/mol. The van der Waals surface area contributed by atoms with E-state index < -0.39 is 6.04 Å². The molecule has 2 aliphatic heterocycles. The summed E-state index contributed by atoms with van der Waals surface area (Å²) in [6.07, 6.45) is 7.02. The van der Waals surface area contributed by atoms with Crippen molar-refractivity contribution in [2.75, 3.05) is 30.3 Å². The van der Waals surface area contributed by atoms with Crippen molar-refractivity contribution in [2.45, 2.75) is 81.7 Å². The Hall–Kier alpha value is -5.74. The zero-order valence-electron chi connectivity index (χ0n) is 32.1. The summed E-state index contributed by atoms with van der Waals surface area (Å²) in [6, 6.07) is 9.24. The number of nitrogens with zero attached hydrogens (tertiary/aromatic N) is 1. The van der Waals surface area contributed by atoms with Crippen LogP contribution in [0.1, 0.15) is 85.5 Å². The van der Waals surface area contributed by atoms with Gasteiger partial charge in [0.2, 0.25) is 11.8 Å². The Kier molecular flexibility index (Phi) is 11.0. The second-order valence-corrected chi connectivity index (χ2v) is 17.5. The molecule has 302 valence electrons. The van der Waals surface area contributed by atoms with Crippen molar-refractivity contribution in [3.63, 3.8) is 0 Å². The standard InChI is InChI=1S/C42H46N8O6S2/c1-4-33(51)47-27-8-6-9-28(27)48-39(53)22-12-14-32-26(16-22)36-38(58-32)42(56)46-24(19-44-36)20-50(34(52)5-2)30-11-7-10-29(30)49-40(54)23-13-15-31-25(17-23)35-37(57-31)41(55)45-21(3)18-43-35/h4-5,12-17,21,24,27-30,43-44H,1-2,6-11,18-20H2,3H3,(H,45,55)(H,46,56)(H,47,51)(H,48,53)(H,49,54)/t21-,24+,27+,28-,29+,30+/m1/s1. The average molecular weight is 823 g/mol. The Morgan fingerprint density at radius 2 is 1.29 bits per heavy atom. The molecule has 58 heavy (non-hydrogen) atoms. The zero-order chi connectivity index (χ0) is 40.7. The summed E-state index contributed by atoms with van der Waals surface area (Å²) in [5.74, 6) is -1.52. The van der Waals surface area contributed by atoms with Crippen LogP contribution in [0.5, 0.6) is 0 Å². The third-order valence-electron chi connectivity index (χ3n) is 11.6. The number of anilines is 2. The van der Waals surface area contributed by atoms with Crippen LogP contribution in [-0.2, 0) is 9.59 Å². The van der Waals surface area contributed by atoms with Crippen LogP contribution in [0.25, 0.3) is 20.2 Å². The second-order valence-electron chi connectivity index (χ2n) is 15.4. The highest BCUT2D eigenvalue weighted by atomic mass is 32.1. The molecule has 2 aromatic carbocycles. The lowest BCUT2D eigenvalue weighted by Gasteiger charge is -2.35. The van der Waals surface area contributed by atoms with Crippen molar-refractivity contribution in [1.29, 1.82) is 0 Å². The van der Waals surface area contributed by atoms with Gasteiger partial charge in [0, 0.05) is 75.1 Å². The quantitative estimate of drug-likeness (QED) is 0.114. The molecule has 2 aliphatic carbocycles. The number of thiophene rings is 2. The van der Waals surface area contributed by atoms with Crippen LogP contribution in [0.4, 0.5) is 11.4 Å². The monoisotopic (exact) mass is 822 g/mol. The minimum absolute atomic E-state index is 0.0336. The van der Waals surface area contributed by atoms with Gasteiger partial charge in [0.25, 0.3) is 23.6 Å². The molecule has 4 heterocycles. The van der Waals surface area contributed by atoms with Gasteiger partial charge in [-0.2, -0.15) is 0 Å². The lowest BCUT2D eigenvalue weighted by Crippen LogP contribution is -2.55. The number of rotatable bonds is 10. The zero-order valence-corrected chi connectivity index (χ0v) is 33.7. The van der Waals surface area contributed by atoms with E-state index in [1.807, 2.05) is 25.1 Å². The maximum absolute atomic E-state index is 13.8. The van der Waals surface area contributed by atoms with E-state index in [0.29, 0.717) is 52.5 Å². The van der Waals surface area contributed by atoms with Crippen LogP contribution in [0, 0.1) is 0 Å². The largest absolute Gasteiger partial charge is 0.381 e. The normalized spacial score (nSPS) is 23.8. The van der Waals surface area contributed by atoms with E-state index in [9.17, 15) is 28.8 Å². The number of benzene rings is 2. The van der Waals surface area contributed by atoms with Crippen LogP contribution < -0.4 is 37.2 Å². The van der Waals surface area contributed by atoms with Crippen molar-refractivity contribution in [1.82, 2.24) is 31.5 Å². The molecule has 2 saturated carbocycles. The molecule has 8 rings (SSSR count). The summed E-state index contributed by atoms with van der Waals surface area (Å²) in [6.45, 7) is 10.3. The smallest absolute Gasteiger partial charge is 0.263 e. The van der Waals surface area contributed by atoms with Crippen LogP contribution >= 0.6 is 22.7 Å². The fourth-order valence-electron chi connectivity index (χ4n) is 8.66. The minimum Gasteiger partial charge on any atom is -0.381 e. The van der Waals surface area contributed by atoms with E-state index in [1.54, 1.807) is 23.1 Å². The molecule has 2 fully saturated rings. The number of fused-ring (bicyclic) bond motifs is 6. The van der Waals surface area contributed by atoms with Crippen molar-refractivity contribution in [2.24, 2.45) is 0 Å². The predicted molar refractivity (Wildman–Crippen MR) is 227 cm³/mol. The molecule has 7 N–H and O–H groups in total. The van der Waals surface area contributed by atoms with E-state index in [2.05, 4.69) is 50.4 Å². The van der Waals surface area contributed by atoms with Crippen molar-refractivity contribution in [3.05, 3.63) is 82.6 Å². The molecule has 6 atom stereocenters. The number of nitrogens with one attached hydrogen (secondary N) is 7. The summed E-state index contributed by atoms with van der Waals surface area (Å²) < 4.78 is 1.75. The summed E-state index contributed by atoms with van der Waals surface area (Å²) >= 11 is 2.71. The van der Waals surface area contributed by atoms with Crippen LogP contribution in [0.15, 0.2) is 61.7 Å². The molecule has 0 bridgehead atoms. The molecule has 14 nitrogen and oxygen atoms in total. The van der Waals surface area contributed by atoms with Gasteiger partial charge in [-0.3, -0.25) is 28.8 Å². The number of carbonyl (C=O) groups is 6. The first-order valence-electron chi connectivity index (χ1n) is 19.7. The first kappa shape index (κ1) is 39.1. The first-order chi connectivity index (χ1) is 28.0. The maximum atomic E-state index is 13.8. The lowest BCUT2D eigenvalue weighted by molar-refractivity contribution is -0.129. The molecule has 4 aromatic rings. The summed E-state index contributed by atoms with van der Waals surface area (Å²) in [7, 11) is 0. The van der Waals surface area contributed by atoms with Gasteiger partial charge in [-0.1, -0.05) is 13.2 Å². The van der Waals surface area contributed by atoms with Gasteiger partial charge in [0.15, 0.2) is 0 Å². The third-order valence-corrected chi connectivity index (χ3v) is 13.9. The van der Waals surface area contributed by atoms with Crippen molar-refractivity contribution >= 4 is 89.7 Å². The molecule has 16 heteroatoms. The Morgan fingerprint density at radius 1 is 0.741 bits per heavy atom. The van der Waals surface area contributed by atoms with E-state index in [-0.39, 0.29) is 72.2 Å². The Morgan fingerprint density at radius 3 is 1.91 bits per heavy atom. The van der Waals surface area contributed by atoms with E-state index in [0.717, 1.165) is 51.5 Å². The fourth-order valence-corrected chi connectivity index (χ4v) is 10.8. The number of hydrogen-bond acceptors (Lipinski definition) is 10. The molecule has 0 spiro atoms.